The zero-order valence-electron chi connectivity index (χ0n) is 12.3. The molecule has 2 heterocycles. The molecule has 1 aromatic rings. The van der Waals surface area contributed by atoms with Gasteiger partial charge in [0.15, 0.2) is 0 Å². The lowest BCUT2D eigenvalue weighted by atomic mass is 9.97. The van der Waals surface area contributed by atoms with Crippen LogP contribution in [0.5, 0.6) is 0 Å². The number of hydrogen-bond acceptors (Lipinski definition) is 4. The lowest BCUT2D eigenvalue weighted by Gasteiger charge is -2.30. The molecule has 0 spiro atoms. The van der Waals surface area contributed by atoms with Crippen molar-refractivity contribution in [3.63, 3.8) is 0 Å². The first-order chi connectivity index (χ1) is 9.56. The zero-order valence-corrected chi connectivity index (χ0v) is 13.1. The maximum atomic E-state index is 12.4. The average molecular weight is 295 g/mol. The highest BCUT2D eigenvalue weighted by Crippen LogP contribution is 2.26. The van der Waals surface area contributed by atoms with Crippen LogP contribution in [0.2, 0.25) is 0 Å². The summed E-state index contributed by atoms with van der Waals surface area (Å²) < 4.78 is 4.76. The van der Waals surface area contributed by atoms with E-state index in [0.29, 0.717) is 25.9 Å². The molecule has 1 aromatic heterocycles. The molecule has 1 fully saturated rings. The molecule has 5 heteroatoms. The van der Waals surface area contributed by atoms with Gasteiger partial charge in [-0.15, -0.1) is 11.3 Å². The molecule has 0 N–H and O–H groups in total. The van der Waals surface area contributed by atoms with E-state index in [4.69, 9.17) is 4.74 Å². The molecule has 2 rings (SSSR count). The Labute approximate surface area is 123 Å². The number of piperidine rings is 1. The maximum absolute atomic E-state index is 12.4. The summed E-state index contributed by atoms with van der Waals surface area (Å²) in [6.45, 7) is 5.43. The molecule has 0 saturated carbocycles. The van der Waals surface area contributed by atoms with E-state index in [1.54, 1.807) is 11.3 Å². The minimum atomic E-state index is -0.155. The van der Waals surface area contributed by atoms with Crippen LogP contribution in [-0.4, -0.2) is 37.0 Å². The van der Waals surface area contributed by atoms with Crippen molar-refractivity contribution < 1.29 is 14.3 Å². The number of nitrogens with zero attached hydrogens (tertiary/aromatic N) is 1. The quantitative estimate of drug-likeness (QED) is 0.805. The van der Waals surface area contributed by atoms with Crippen LogP contribution in [0.15, 0.2) is 6.07 Å². The van der Waals surface area contributed by atoms with Crippen LogP contribution in [0.3, 0.4) is 0 Å². The normalized spacial score (nSPS) is 16.2. The van der Waals surface area contributed by atoms with Crippen molar-refractivity contribution in [3.05, 3.63) is 21.4 Å². The molecule has 0 atom stereocenters. The maximum Gasteiger partial charge on any atom is 0.308 e. The lowest BCUT2D eigenvalue weighted by molar-refractivity contribution is -0.146. The van der Waals surface area contributed by atoms with E-state index < -0.39 is 0 Å². The van der Waals surface area contributed by atoms with E-state index in [0.717, 1.165) is 11.3 Å². The molecular weight excluding hydrogens is 274 g/mol. The van der Waals surface area contributed by atoms with Crippen molar-refractivity contribution in [3.8, 4) is 0 Å². The topological polar surface area (TPSA) is 46.6 Å². The monoisotopic (exact) mass is 295 g/mol. The van der Waals surface area contributed by atoms with Gasteiger partial charge in [-0.1, -0.05) is 6.92 Å². The number of ether oxygens (including phenoxy) is 1. The number of aryl methyl sites for hydroxylation is 2. The summed E-state index contributed by atoms with van der Waals surface area (Å²) in [5, 5.41) is 0. The van der Waals surface area contributed by atoms with E-state index in [9.17, 15) is 9.59 Å². The largest absolute Gasteiger partial charge is 0.469 e. The van der Waals surface area contributed by atoms with Crippen molar-refractivity contribution in [2.24, 2.45) is 5.92 Å². The third kappa shape index (κ3) is 3.03. The smallest absolute Gasteiger partial charge is 0.308 e. The summed E-state index contributed by atoms with van der Waals surface area (Å²) in [6, 6.07) is 2.01. The van der Waals surface area contributed by atoms with Crippen molar-refractivity contribution in [1.82, 2.24) is 4.90 Å². The molecule has 1 saturated heterocycles. The number of methoxy groups -OCH3 is 1. The summed E-state index contributed by atoms with van der Waals surface area (Å²) in [5.41, 5.74) is 1.25. The van der Waals surface area contributed by atoms with Crippen LogP contribution < -0.4 is 0 Å². The number of carbonyl (C=O) groups is 2. The fraction of sp³-hybridized carbons (Fsp3) is 0.600. The van der Waals surface area contributed by atoms with Gasteiger partial charge in [0.05, 0.1) is 17.9 Å². The van der Waals surface area contributed by atoms with Crippen molar-refractivity contribution in [2.45, 2.75) is 33.1 Å². The molecule has 1 aliphatic heterocycles. The Morgan fingerprint density at radius 2 is 2.05 bits per heavy atom. The van der Waals surface area contributed by atoms with E-state index in [1.165, 1.54) is 17.6 Å². The summed E-state index contributed by atoms with van der Waals surface area (Å²) in [7, 11) is 1.42. The second kappa shape index (κ2) is 6.39. The molecule has 20 heavy (non-hydrogen) atoms. The second-order valence-corrected chi connectivity index (χ2v) is 6.39. The van der Waals surface area contributed by atoms with Gasteiger partial charge >= 0.3 is 5.97 Å². The summed E-state index contributed by atoms with van der Waals surface area (Å²) in [6.07, 6.45) is 2.35. The Morgan fingerprint density at radius 3 is 2.55 bits per heavy atom. The minimum absolute atomic E-state index is 0.0553. The lowest BCUT2D eigenvalue weighted by Crippen LogP contribution is -2.40. The Balaban J connectivity index is 1.99. The fourth-order valence-corrected chi connectivity index (χ4v) is 3.70. The highest BCUT2D eigenvalue weighted by atomic mass is 32.1. The van der Waals surface area contributed by atoms with E-state index in [-0.39, 0.29) is 17.8 Å². The van der Waals surface area contributed by atoms with Crippen LogP contribution in [-0.2, 0) is 16.0 Å². The van der Waals surface area contributed by atoms with Gasteiger partial charge in [0.25, 0.3) is 5.91 Å². The summed E-state index contributed by atoms with van der Waals surface area (Å²) in [5.74, 6) is -0.112. The number of amides is 1. The van der Waals surface area contributed by atoms with Crippen molar-refractivity contribution >= 4 is 23.2 Å². The molecule has 1 aliphatic rings. The Morgan fingerprint density at radius 1 is 1.40 bits per heavy atom. The van der Waals surface area contributed by atoms with Crippen LogP contribution in [0.1, 0.15) is 39.9 Å². The van der Waals surface area contributed by atoms with Gasteiger partial charge in [0.2, 0.25) is 0 Å². The Kier molecular flexibility index (Phi) is 4.81. The molecule has 4 nitrogen and oxygen atoms in total. The predicted octanol–water partition coefficient (Wildman–Crippen LogP) is 2.64. The summed E-state index contributed by atoms with van der Waals surface area (Å²) in [4.78, 5) is 27.8. The van der Waals surface area contributed by atoms with Gasteiger partial charge in [-0.25, -0.2) is 0 Å². The molecule has 0 bridgehead atoms. The SMILES string of the molecule is CCc1cc(C(=O)N2CCC(C(=O)OC)CC2)sc1C. The highest BCUT2D eigenvalue weighted by Gasteiger charge is 2.29. The predicted molar refractivity (Wildman–Crippen MR) is 79.1 cm³/mol. The van der Waals surface area contributed by atoms with Gasteiger partial charge in [-0.2, -0.15) is 0 Å². The number of carbonyl (C=O) groups excluding carboxylic acids is 2. The number of thiophene rings is 1. The van der Waals surface area contributed by atoms with E-state index in [1.807, 2.05) is 11.0 Å². The van der Waals surface area contributed by atoms with Crippen molar-refractivity contribution in [1.29, 1.82) is 0 Å². The number of hydrogen-bond donors (Lipinski definition) is 0. The standard InChI is InChI=1S/C15H21NO3S/c1-4-11-9-13(20-10(11)2)14(17)16-7-5-12(6-8-16)15(18)19-3/h9,12H,4-8H2,1-3H3. The molecule has 1 amide bonds. The first-order valence-electron chi connectivity index (χ1n) is 7.03. The van der Waals surface area contributed by atoms with Gasteiger partial charge in [0, 0.05) is 18.0 Å². The van der Waals surface area contributed by atoms with Gasteiger partial charge in [-0.05, 0) is 37.8 Å². The number of likely N-dealkylation sites (tertiary alicyclic amines) is 1. The molecule has 110 valence electrons. The first-order valence-corrected chi connectivity index (χ1v) is 7.84. The van der Waals surface area contributed by atoms with Crippen LogP contribution in [0.25, 0.3) is 0 Å². The average Bonchev–Trinajstić information content (AvgIpc) is 2.87. The van der Waals surface area contributed by atoms with Gasteiger partial charge < -0.3 is 9.64 Å². The van der Waals surface area contributed by atoms with Gasteiger partial charge in [-0.3, -0.25) is 9.59 Å². The third-order valence-electron chi connectivity index (χ3n) is 3.93. The Bertz CT molecular complexity index is 501. The van der Waals surface area contributed by atoms with Crippen LogP contribution in [0, 0.1) is 12.8 Å². The number of rotatable bonds is 3. The number of esters is 1. The van der Waals surface area contributed by atoms with E-state index >= 15 is 0 Å². The van der Waals surface area contributed by atoms with Gasteiger partial charge in [0.1, 0.15) is 0 Å². The molecule has 0 radical (unpaired) electrons. The van der Waals surface area contributed by atoms with Crippen LogP contribution in [0.4, 0.5) is 0 Å². The molecular formula is C15H21NO3S. The highest BCUT2D eigenvalue weighted by molar-refractivity contribution is 7.14. The van der Waals surface area contributed by atoms with Crippen LogP contribution >= 0.6 is 11.3 Å². The molecule has 0 aromatic carbocycles. The zero-order chi connectivity index (χ0) is 14.7. The molecule has 0 aliphatic carbocycles. The first kappa shape index (κ1) is 15.0. The second-order valence-electron chi connectivity index (χ2n) is 5.14. The third-order valence-corrected chi connectivity index (χ3v) is 5.01. The van der Waals surface area contributed by atoms with Crippen molar-refractivity contribution in [2.75, 3.05) is 20.2 Å². The fourth-order valence-electron chi connectivity index (χ4n) is 2.62. The summed E-state index contributed by atoms with van der Waals surface area (Å²) >= 11 is 1.57. The van der Waals surface area contributed by atoms with E-state index in [2.05, 4.69) is 13.8 Å². The minimum Gasteiger partial charge on any atom is -0.469 e. The Hall–Kier alpha value is -1.36. The molecule has 0 unspecified atom stereocenters.